The van der Waals surface area contributed by atoms with E-state index >= 15 is 0 Å². The molecule has 0 saturated carbocycles. The van der Waals surface area contributed by atoms with Crippen LogP contribution in [0, 0.1) is 6.92 Å². The Labute approximate surface area is 115 Å². The van der Waals surface area contributed by atoms with Gasteiger partial charge in [0.2, 0.25) is 0 Å². The lowest BCUT2D eigenvalue weighted by Crippen LogP contribution is -2.23. The van der Waals surface area contributed by atoms with E-state index in [0.717, 1.165) is 22.8 Å². The number of thiocarbonyl (C=S) groups is 1. The Morgan fingerprint density at radius 1 is 1.50 bits per heavy atom. The Morgan fingerprint density at radius 3 is 2.89 bits per heavy atom. The van der Waals surface area contributed by atoms with Crippen LogP contribution in [0.3, 0.4) is 0 Å². The molecule has 0 atom stereocenters. The first-order chi connectivity index (χ1) is 8.58. The van der Waals surface area contributed by atoms with Crippen LogP contribution in [0.5, 0.6) is 0 Å². The number of hydrogen-bond donors (Lipinski definition) is 1. The molecule has 0 bridgehead atoms. The van der Waals surface area contributed by atoms with Crippen LogP contribution >= 0.6 is 23.6 Å². The van der Waals surface area contributed by atoms with Crippen LogP contribution in [0.4, 0.5) is 5.82 Å². The molecule has 0 aliphatic rings. The second-order valence-electron chi connectivity index (χ2n) is 4.02. The Balaban J connectivity index is 2.31. The van der Waals surface area contributed by atoms with Crippen LogP contribution in [0.25, 0.3) is 0 Å². The van der Waals surface area contributed by atoms with Crippen molar-refractivity contribution in [3.63, 3.8) is 0 Å². The standard InChI is InChI=1S/C12H14N4S2/c1-8-3-4-10(11(13)17)12(15-8)16(2)5-9-6-18-7-14-9/h3-4,6-7H,5H2,1-2H3,(H2,13,17). The molecule has 18 heavy (non-hydrogen) atoms. The molecule has 94 valence electrons. The van der Waals surface area contributed by atoms with Crippen molar-refractivity contribution in [1.82, 2.24) is 9.97 Å². The van der Waals surface area contributed by atoms with Gasteiger partial charge in [0.1, 0.15) is 10.8 Å². The van der Waals surface area contributed by atoms with E-state index in [1.807, 2.05) is 41.9 Å². The molecule has 0 amide bonds. The number of rotatable bonds is 4. The average molecular weight is 278 g/mol. The van der Waals surface area contributed by atoms with Gasteiger partial charge in [0, 0.05) is 18.1 Å². The van der Waals surface area contributed by atoms with Crippen LogP contribution < -0.4 is 10.6 Å². The summed E-state index contributed by atoms with van der Waals surface area (Å²) in [7, 11) is 1.96. The van der Waals surface area contributed by atoms with Gasteiger partial charge >= 0.3 is 0 Å². The molecule has 2 aromatic heterocycles. The number of thiazole rings is 1. The molecule has 0 spiro atoms. The third kappa shape index (κ3) is 2.83. The molecule has 0 unspecified atom stereocenters. The lowest BCUT2D eigenvalue weighted by molar-refractivity contribution is 0.868. The minimum atomic E-state index is 0.364. The molecule has 2 rings (SSSR count). The molecule has 2 heterocycles. The van der Waals surface area contributed by atoms with Crippen molar-refractivity contribution in [2.24, 2.45) is 5.73 Å². The Hall–Kier alpha value is -1.53. The normalized spacial score (nSPS) is 10.3. The van der Waals surface area contributed by atoms with Crippen molar-refractivity contribution >= 4 is 34.4 Å². The van der Waals surface area contributed by atoms with E-state index in [2.05, 4.69) is 9.97 Å². The fraction of sp³-hybridized carbons (Fsp3) is 0.250. The number of pyridine rings is 1. The monoisotopic (exact) mass is 278 g/mol. The number of hydrogen-bond acceptors (Lipinski definition) is 5. The molecule has 0 saturated heterocycles. The molecule has 0 aromatic carbocycles. The van der Waals surface area contributed by atoms with E-state index < -0.39 is 0 Å². The van der Waals surface area contributed by atoms with Gasteiger partial charge in [-0.3, -0.25) is 0 Å². The SMILES string of the molecule is Cc1ccc(C(N)=S)c(N(C)Cc2cscn2)n1. The Kier molecular flexibility index (Phi) is 3.88. The fourth-order valence-electron chi connectivity index (χ4n) is 1.66. The molecule has 0 fully saturated rings. The number of nitrogens with zero attached hydrogens (tertiary/aromatic N) is 3. The molecule has 2 aromatic rings. The fourth-order valence-corrected chi connectivity index (χ4v) is 2.37. The van der Waals surface area contributed by atoms with Crippen molar-refractivity contribution in [2.75, 3.05) is 11.9 Å². The van der Waals surface area contributed by atoms with Crippen LogP contribution in [-0.2, 0) is 6.54 Å². The van der Waals surface area contributed by atoms with Crippen LogP contribution in [-0.4, -0.2) is 22.0 Å². The zero-order chi connectivity index (χ0) is 13.1. The quantitative estimate of drug-likeness (QED) is 0.868. The van der Waals surface area contributed by atoms with Gasteiger partial charge < -0.3 is 10.6 Å². The largest absolute Gasteiger partial charge is 0.389 e. The zero-order valence-corrected chi connectivity index (χ0v) is 11.9. The molecule has 0 aliphatic heterocycles. The summed E-state index contributed by atoms with van der Waals surface area (Å²) in [6.07, 6.45) is 0. The average Bonchev–Trinajstić information content (AvgIpc) is 2.81. The third-order valence-corrected chi connectivity index (χ3v) is 3.38. The summed E-state index contributed by atoms with van der Waals surface area (Å²) in [5.41, 5.74) is 10.3. The van der Waals surface area contributed by atoms with Gasteiger partial charge in [-0.2, -0.15) is 0 Å². The number of aromatic nitrogens is 2. The summed E-state index contributed by atoms with van der Waals surface area (Å²) in [5.74, 6) is 0.801. The van der Waals surface area contributed by atoms with Crippen molar-refractivity contribution in [1.29, 1.82) is 0 Å². The lowest BCUT2D eigenvalue weighted by atomic mass is 10.2. The summed E-state index contributed by atoms with van der Waals surface area (Å²) in [4.78, 5) is 11.1. The molecular formula is C12H14N4S2. The Bertz CT molecular complexity index is 551. The second kappa shape index (κ2) is 5.41. The number of aryl methyl sites for hydroxylation is 1. The van der Waals surface area contributed by atoms with E-state index in [4.69, 9.17) is 18.0 Å². The highest BCUT2D eigenvalue weighted by molar-refractivity contribution is 7.80. The van der Waals surface area contributed by atoms with Crippen molar-refractivity contribution in [3.05, 3.63) is 40.0 Å². The highest BCUT2D eigenvalue weighted by Crippen LogP contribution is 2.19. The maximum absolute atomic E-state index is 5.73. The predicted molar refractivity (Wildman–Crippen MR) is 79.1 cm³/mol. The molecule has 0 radical (unpaired) electrons. The van der Waals surface area contributed by atoms with E-state index in [1.165, 1.54) is 0 Å². The molecule has 0 aliphatic carbocycles. The summed E-state index contributed by atoms with van der Waals surface area (Å²) < 4.78 is 0. The number of nitrogens with two attached hydrogens (primary N) is 1. The summed E-state index contributed by atoms with van der Waals surface area (Å²) >= 11 is 6.64. The molecule has 6 heteroatoms. The third-order valence-electron chi connectivity index (χ3n) is 2.52. The summed E-state index contributed by atoms with van der Waals surface area (Å²) in [6, 6.07) is 3.83. The topological polar surface area (TPSA) is 55.0 Å². The Morgan fingerprint density at radius 2 is 2.28 bits per heavy atom. The van der Waals surface area contributed by atoms with E-state index in [0.29, 0.717) is 11.5 Å². The maximum atomic E-state index is 5.73. The lowest BCUT2D eigenvalue weighted by Gasteiger charge is -2.20. The van der Waals surface area contributed by atoms with Crippen molar-refractivity contribution in [2.45, 2.75) is 13.5 Å². The first kappa shape index (κ1) is 12.9. The second-order valence-corrected chi connectivity index (χ2v) is 5.18. The zero-order valence-electron chi connectivity index (χ0n) is 10.3. The highest BCUT2D eigenvalue weighted by Gasteiger charge is 2.12. The van der Waals surface area contributed by atoms with Gasteiger partial charge in [-0.15, -0.1) is 11.3 Å². The van der Waals surface area contributed by atoms with Gasteiger partial charge in [-0.1, -0.05) is 12.2 Å². The summed E-state index contributed by atoms with van der Waals surface area (Å²) in [5, 5.41) is 2.02. The van der Waals surface area contributed by atoms with E-state index in [9.17, 15) is 0 Å². The van der Waals surface area contributed by atoms with Gasteiger partial charge in [0.25, 0.3) is 0 Å². The minimum absolute atomic E-state index is 0.364. The van der Waals surface area contributed by atoms with Crippen molar-refractivity contribution in [3.8, 4) is 0 Å². The molecule has 4 nitrogen and oxygen atoms in total. The predicted octanol–water partition coefficient (Wildman–Crippen LogP) is 2.12. The van der Waals surface area contributed by atoms with Gasteiger partial charge in [0.15, 0.2) is 0 Å². The number of anilines is 1. The van der Waals surface area contributed by atoms with Crippen LogP contribution in [0.15, 0.2) is 23.0 Å². The summed E-state index contributed by atoms with van der Waals surface area (Å²) in [6.45, 7) is 2.64. The first-order valence-electron chi connectivity index (χ1n) is 5.43. The van der Waals surface area contributed by atoms with Crippen LogP contribution in [0.1, 0.15) is 17.0 Å². The van der Waals surface area contributed by atoms with E-state index in [1.54, 1.807) is 11.3 Å². The minimum Gasteiger partial charge on any atom is -0.389 e. The first-order valence-corrected chi connectivity index (χ1v) is 6.78. The molecule has 2 N–H and O–H groups in total. The van der Waals surface area contributed by atoms with Gasteiger partial charge in [0.05, 0.1) is 23.3 Å². The van der Waals surface area contributed by atoms with Crippen LogP contribution in [0.2, 0.25) is 0 Å². The van der Waals surface area contributed by atoms with Crippen molar-refractivity contribution < 1.29 is 0 Å². The van der Waals surface area contributed by atoms with Gasteiger partial charge in [-0.25, -0.2) is 9.97 Å². The highest BCUT2D eigenvalue weighted by atomic mass is 32.1. The van der Waals surface area contributed by atoms with Gasteiger partial charge in [-0.05, 0) is 19.1 Å². The maximum Gasteiger partial charge on any atom is 0.139 e. The molecular weight excluding hydrogens is 264 g/mol. The smallest absolute Gasteiger partial charge is 0.139 e. The van der Waals surface area contributed by atoms with E-state index in [-0.39, 0.29) is 0 Å².